The Labute approximate surface area is 116 Å². The first-order valence-corrected chi connectivity index (χ1v) is 6.55. The van der Waals surface area contributed by atoms with Gasteiger partial charge in [-0.1, -0.05) is 12.1 Å². The predicted octanol–water partition coefficient (Wildman–Crippen LogP) is 2.30. The van der Waals surface area contributed by atoms with Gasteiger partial charge in [-0.2, -0.15) is 0 Å². The van der Waals surface area contributed by atoms with Gasteiger partial charge >= 0.3 is 5.97 Å². The number of likely N-dealkylation sites (tertiary alicyclic amines) is 1. The molecular formula is C15H16FNO3. The van der Waals surface area contributed by atoms with Gasteiger partial charge in [-0.3, -0.25) is 4.79 Å². The van der Waals surface area contributed by atoms with Gasteiger partial charge in [0.15, 0.2) is 0 Å². The summed E-state index contributed by atoms with van der Waals surface area (Å²) < 4.78 is 13.0. The van der Waals surface area contributed by atoms with Gasteiger partial charge in [0.1, 0.15) is 11.9 Å². The van der Waals surface area contributed by atoms with Gasteiger partial charge in [-0.15, -0.1) is 0 Å². The second-order valence-electron chi connectivity index (χ2n) is 4.77. The summed E-state index contributed by atoms with van der Waals surface area (Å²) in [5.41, 5.74) is 0.572. The molecule has 1 amide bonds. The van der Waals surface area contributed by atoms with Gasteiger partial charge in [0.05, 0.1) is 0 Å². The SMILES string of the molecule is O=C(O)[C@H]1CCCCN1C(=O)/C=C/c1cccc(F)c1. The normalized spacial score (nSPS) is 19.2. The maximum Gasteiger partial charge on any atom is 0.326 e. The second kappa shape index (κ2) is 6.32. The highest BCUT2D eigenvalue weighted by Gasteiger charge is 2.30. The number of hydrogen-bond acceptors (Lipinski definition) is 2. The molecule has 106 valence electrons. The quantitative estimate of drug-likeness (QED) is 0.862. The fraction of sp³-hybridized carbons (Fsp3) is 0.333. The average molecular weight is 277 g/mol. The Kier molecular flexibility index (Phi) is 4.50. The predicted molar refractivity (Wildman–Crippen MR) is 72.4 cm³/mol. The Morgan fingerprint density at radius 2 is 2.15 bits per heavy atom. The first-order chi connectivity index (χ1) is 9.58. The van der Waals surface area contributed by atoms with Crippen LogP contribution < -0.4 is 0 Å². The Morgan fingerprint density at radius 3 is 2.85 bits per heavy atom. The third-order valence-electron chi connectivity index (χ3n) is 3.34. The van der Waals surface area contributed by atoms with Gasteiger partial charge in [0, 0.05) is 12.6 Å². The number of nitrogens with zero attached hydrogens (tertiary/aromatic N) is 1. The Hall–Kier alpha value is -2.17. The van der Waals surface area contributed by atoms with E-state index >= 15 is 0 Å². The van der Waals surface area contributed by atoms with Crippen LogP contribution in [0.5, 0.6) is 0 Å². The number of carbonyl (C=O) groups is 2. The highest BCUT2D eigenvalue weighted by molar-refractivity contribution is 5.94. The maximum atomic E-state index is 13.0. The molecule has 1 N–H and O–H groups in total. The van der Waals surface area contributed by atoms with Gasteiger partial charge in [-0.05, 0) is 43.0 Å². The van der Waals surface area contributed by atoms with Gasteiger partial charge in [-0.25, -0.2) is 9.18 Å². The zero-order valence-corrected chi connectivity index (χ0v) is 11.0. The van der Waals surface area contributed by atoms with Crippen LogP contribution in [0.15, 0.2) is 30.3 Å². The van der Waals surface area contributed by atoms with Crippen LogP contribution in [0.1, 0.15) is 24.8 Å². The van der Waals surface area contributed by atoms with E-state index in [0.717, 1.165) is 12.8 Å². The van der Waals surface area contributed by atoms with Crippen molar-refractivity contribution in [1.29, 1.82) is 0 Å². The Morgan fingerprint density at radius 1 is 1.35 bits per heavy atom. The lowest BCUT2D eigenvalue weighted by atomic mass is 10.0. The number of rotatable bonds is 3. The van der Waals surface area contributed by atoms with Crippen LogP contribution >= 0.6 is 0 Å². The van der Waals surface area contributed by atoms with E-state index in [4.69, 9.17) is 5.11 Å². The number of piperidine rings is 1. The van der Waals surface area contributed by atoms with Gasteiger partial charge < -0.3 is 10.0 Å². The summed E-state index contributed by atoms with van der Waals surface area (Å²) in [7, 11) is 0. The van der Waals surface area contributed by atoms with Crippen LogP contribution in [0, 0.1) is 5.82 Å². The van der Waals surface area contributed by atoms with Crippen molar-refractivity contribution in [3.63, 3.8) is 0 Å². The third-order valence-corrected chi connectivity index (χ3v) is 3.34. The van der Waals surface area contributed by atoms with Crippen LogP contribution in [0.4, 0.5) is 4.39 Å². The monoisotopic (exact) mass is 277 g/mol. The molecule has 1 fully saturated rings. The molecule has 20 heavy (non-hydrogen) atoms. The van der Waals surface area contributed by atoms with E-state index in [0.29, 0.717) is 18.5 Å². The lowest BCUT2D eigenvalue weighted by molar-refractivity contribution is -0.150. The van der Waals surface area contributed by atoms with E-state index in [1.54, 1.807) is 12.1 Å². The summed E-state index contributed by atoms with van der Waals surface area (Å²) in [5, 5.41) is 9.11. The third kappa shape index (κ3) is 3.44. The fourth-order valence-electron chi connectivity index (χ4n) is 2.33. The summed E-state index contributed by atoms with van der Waals surface area (Å²) in [6.07, 6.45) is 4.90. The minimum atomic E-state index is -0.975. The van der Waals surface area contributed by atoms with Crippen LogP contribution in [0.25, 0.3) is 6.08 Å². The minimum Gasteiger partial charge on any atom is -0.480 e. The highest BCUT2D eigenvalue weighted by atomic mass is 19.1. The number of benzene rings is 1. The molecule has 1 aromatic carbocycles. The molecule has 5 heteroatoms. The van der Waals surface area contributed by atoms with Crippen LogP contribution in [0.2, 0.25) is 0 Å². The molecule has 0 aliphatic carbocycles. The van der Waals surface area contributed by atoms with E-state index in [2.05, 4.69) is 0 Å². The molecule has 2 rings (SSSR count). The number of hydrogen-bond donors (Lipinski definition) is 1. The van der Waals surface area contributed by atoms with Crippen molar-refractivity contribution in [1.82, 2.24) is 4.90 Å². The van der Waals surface area contributed by atoms with Crippen LogP contribution in [-0.4, -0.2) is 34.5 Å². The Balaban J connectivity index is 2.08. The van der Waals surface area contributed by atoms with Crippen molar-refractivity contribution < 1.29 is 19.1 Å². The molecule has 0 spiro atoms. The molecule has 1 aromatic rings. The number of carboxylic acids is 1. The zero-order valence-electron chi connectivity index (χ0n) is 11.0. The zero-order chi connectivity index (χ0) is 14.5. The smallest absolute Gasteiger partial charge is 0.326 e. The maximum absolute atomic E-state index is 13.0. The van der Waals surface area contributed by atoms with Crippen molar-refractivity contribution >= 4 is 18.0 Å². The number of carbonyl (C=O) groups excluding carboxylic acids is 1. The van der Waals surface area contributed by atoms with Crippen LogP contribution in [0.3, 0.4) is 0 Å². The first-order valence-electron chi connectivity index (χ1n) is 6.55. The standard InChI is InChI=1S/C15H16FNO3/c16-12-5-3-4-11(10-12)7-8-14(18)17-9-2-1-6-13(17)15(19)20/h3-5,7-8,10,13H,1-2,6,9H2,(H,19,20)/b8-7+/t13-/m1/s1. The van der Waals surface area contributed by atoms with Crippen molar-refractivity contribution in [2.24, 2.45) is 0 Å². The molecule has 1 heterocycles. The van der Waals surface area contributed by atoms with Crippen molar-refractivity contribution in [3.05, 3.63) is 41.7 Å². The molecule has 0 aromatic heterocycles. The van der Waals surface area contributed by atoms with Gasteiger partial charge in [0.2, 0.25) is 5.91 Å². The largest absolute Gasteiger partial charge is 0.480 e. The van der Waals surface area contributed by atoms with Gasteiger partial charge in [0.25, 0.3) is 0 Å². The molecule has 4 nitrogen and oxygen atoms in total. The average Bonchev–Trinajstić information content (AvgIpc) is 2.45. The topological polar surface area (TPSA) is 57.6 Å². The Bertz CT molecular complexity index is 542. The molecule has 0 bridgehead atoms. The van der Waals surface area contributed by atoms with E-state index in [1.165, 1.54) is 29.2 Å². The fourth-order valence-corrected chi connectivity index (χ4v) is 2.33. The summed E-state index contributed by atoms with van der Waals surface area (Å²) in [6.45, 7) is 0.448. The minimum absolute atomic E-state index is 0.346. The molecular weight excluding hydrogens is 261 g/mol. The van der Waals surface area contributed by atoms with E-state index < -0.39 is 12.0 Å². The molecule has 0 radical (unpaired) electrons. The van der Waals surface area contributed by atoms with Crippen LogP contribution in [-0.2, 0) is 9.59 Å². The summed E-state index contributed by atoms with van der Waals surface area (Å²) in [6, 6.07) is 5.12. The molecule has 0 unspecified atom stereocenters. The molecule has 1 aliphatic heterocycles. The molecule has 1 atom stereocenters. The number of carboxylic acid groups (broad SMARTS) is 1. The molecule has 0 saturated carbocycles. The number of aliphatic carboxylic acids is 1. The van der Waals surface area contributed by atoms with E-state index in [-0.39, 0.29) is 11.7 Å². The summed E-state index contributed by atoms with van der Waals surface area (Å²) in [4.78, 5) is 24.5. The van der Waals surface area contributed by atoms with Crippen molar-refractivity contribution in [2.75, 3.05) is 6.54 Å². The number of halogens is 1. The first kappa shape index (κ1) is 14.2. The van der Waals surface area contributed by atoms with E-state index in [9.17, 15) is 14.0 Å². The number of amides is 1. The summed E-state index contributed by atoms with van der Waals surface area (Å²) in [5.74, 6) is -1.69. The molecule has 1 saturated heterocycles. The second-order valence-corrected chi connectivity index (χ2v) is 4.77. The lowest BCUT2D eigenvalue weighted by Gasteiger charge is -2.32. The summed E-state index contributed by atoms with van der Waals surface area (Å²) >= 11 is 0. The van der Waals surface area contributed by atoms with Crippen molar-refractivity contribution in [2.45, 2.75) is 25.3 Å². The van der Waals surface area contributed by atoms with Crippen molar-refractivity contribution in [3.8, 4) is 0 Å². The lowest BCUT2D eigenvalue weighted by Crippen LogP contribution is -2.47. The molecule has 1 aliphatic rings. The van der Waals surface area contributed by atoms with E-state index in [1.807, 2.05) is 0 Å². The highest BCUT2D eigenvalue weighted by Crippen LogP contribution is 2.18.